The zero-order chi connectivity index (χ0) is 20.3. The number of carbonyl (C=O) groups is 2. The van der Waals surface area contributed by atoms with Gasteiger partial charge in [-0.2, -0.15) is 0 Å². The number of amides is 3. The SMILES string of the molecule is CCOc1ccc2c(C(N)=O)c(NC(=O)Nc3ccc([N+](=O)[O-])cc3)sc2c1. The third-order valence-corrected chi connectivity index (χ3v) is 4.85. The van der Waals surface area contributed by atoms with Crippen LogP contribution in [0.15, 0.2) is 42.5 Å². The second kappa shape index (κ2) is 7.92. The topological polar surface area (TPSA) is 137 Å². The number of rotatable bonds is 6. The molecule has 3 aromatic rings. The molecule has 144 valence electrons. The Morgan fingerprint density at radius 3 is 2.50 bits per heavy atom. The molecule has 0 saturated heterocycles. The second-order valence-electron chi connectivity index (χ2n) is 5.64. The van der Waals surface area contributed by atoms with Crippen molar-refractivity contribution in [3.05, 3.63) is 58.1 Å². The van der Waals surface area contributed by atoms with Gasteiger partial charge in [0.15, 0.2) is 0 Å². The van der Waals surface area contributed by atoms with E-state index >= 15 is 0 Å². The fourth-order valence-corrected chi connectivity index (χ4v) is 3.73. The van der Waals surface area contributed by atoms with Gasteiger partial charge in [0.25, 0.3) is 11.6 Å². The average Bonchev–Trinajstić information content (AvgIpc) is 2.99. The Morgan fingerprint density at radius 2 is 1.89 bits per heavy atom. The van der Waals surface area contributed by atoms with E-state index in [1.165, 1.54) is 35.6 Å². The fourth-order valence-electron chi connectivity index (χ4n) is 2.60. The minimum atomic E-state index is -0.666. The number of ether oxygens (including phenoxy) is 1. The molecular weight excluding hydrogens is 384 g/mol. The zero-order valence-electron chi connectivity index (χ0n) is 14.7. The third kappa shape index (κ3) is 4.01. The number of urea groups is 1. The highest BCUT2D eigenvalue weighted by Gasteiger charge is 2.19. The van der Waals surface area contributed by atoms with Crippen molar-refractivity contribution in [3.63, 3.8) is 0 Å². The zero-order valence-corrected chi connectivity index (χ0v) is 15.5. The normalized spacial score (nSPS) is 10.5. The molecule has 4 N–H and O–H groups in total. The number of hydrogen-bond acceptors (Lipinski definition) is 6. The summed E-state index contributed by atoms with van der Waals surface area (Å²) in [7, 11) is 0. The van der Waals surface area contributed by atoms with E-state index in [9.17, 15) is 19.7 Å². The summed E-state index contributed by atoms with van der Waals surface area (Å²) < 4.78 is 6.19. The summed E-state index contributed by atoms with van der Waals surface area (Å²) in [6.45, 7) is 2.37. The number of nitro benzene ring substituents is 1. The maximum absolute atomic E-state index is 12.3. The number of hydrogen-bond donors (Lipinski definition) is 3. The number of anilines is 2. The van der Waals surface area contributed by atoms with E-state index in [1.807, 2.05) is 6.92 Å². The largest absolute Gasteiger partial charge is 0.494 e. The van der Waals surface area contributed by atoms with Gasteiger partial charge in [0.1, 0.15) is 10.8 Å². The summed E-state index contributed by atoms with van der Waals surface area (Å²) in [4.78, 5) is 34.4. The summed E-state index contributed by atoms with van der Waals surface area (Å²) in [5.41, 5.74) is 5.98. The highest BCUT2D eigenvalue weighted by Crippen LogP contribution is 2.37. The number of nitro groups is 1. The van der Waals surface area contributed by atoms with Crippen LogP contribution in [0.4, 0.5) is 21.2 Å². The lowest BCUT2D eigenvalue weighted by atomic mass is 10.1. The lowest BCUT2D eigenvalue weighted by Crippen LogP contribution is -2.21. The number of primary amides is 1. The first-order chi connectivity index (χ1) is 13.4. The van der Waals surface area contributed by atoms with Gasteiger partial charge in [-0.15, -0.1) is 11.3 Å². The van der Waals surface area contributed by atoms with E-state index < -0.39 is 16.9 Å². The smallest absolute Gasteiger partial charge is 0.324 e. The molecule has 0 saturated carbocycles. The van der Waals surface area contributed by atoms with Crippen molar-refractivity contribution in [2.45, 2.75) is 6.92 Å². The average molecular weight is 400 g/mol. The molecule has 10 heteroatoms. The lowest BCUT2D eigenvalue weighted by Gasteiger charge is -2.07. The van der Waals surface area contributed by atoms with Gasteiger partial charge >= 0.3 is 6.03 Å². The van der Waals surface area contributed by atoms with Crippen LogP contribution in [0.1, 0.15) is 17.3 Å². The maximum atomic E-state index is 12.3. The minimum Gasteiger partial charge on any atom is -0.494 e. The van der Waals surface area contributed by atoms with Crippen molar-refractivity contribution >= 4 is 49.7 Å². The number of carbonyl (C=O) groups excluding carboxylic acids is 2. The number of fused-ring (bicyclic) bond motifs is 1. The lowest BCUT2D eigenvalue weighted by molar-refractivity contribution is -0.384. The number of non-ortho nitro benzene ring substituents is 1. The summed E-state index contributed by atoms with van der Waals surface area (Å²) in [6, 6.07) is 9.99. The van der Waals surface area contributed by atoms with Gasteiger partial charge in [-0.1, -0.05) is 0 Å². The number of nitrogens with zero attached hydrogens (tertiary/aromatic N) is 1. The fraction of sp³-hybridized carbons (Fsp3) is 0.111. The van der Waals surface area contributed by atoms with Crippen LogP contribution >= 0.6 is 11.3 Å². The Kier molecular flexibility index (Phi) is 5.41. The molecule has 3 rings (SSSR count). The number of nitrogens with one attached hydrogen (secondary N) is 2. The van der Waals surface area contributed by atoms with Crippen molar-refractivity contribution in [3.8, 4) is 5.75 Å². The van der Waals surface area contributed by atoms with Crippen LogP contribution in [0, 0.1) is 10.1 Å². The molecule has 0 atom stereocenters. The molecule has 3 amide bonds. The minimum absolute atomic E-state index is 0.0865. The van der Waals surface area contributed by atoms with Crippen molar-refractivity contribution in [2.24, 2.45) is 5.73 Å². The van der Waals surface area contributed by atoms with Crippen LogP contribution in [0.2, 0.25) is 0 Å². The molecule has 0 spiro atoms. The van der Waals surface area contributed by atoms with Crippen molar-refractivity contribution in [1.82, 2.24) is 0 Å². The van der Waals surface area contributed by atoms with Gasteiger partial charge in [-0.05, 0) is 37.3 Å². The maximum Gasteiger partial charge on any atom is 0.324 e. The van der Waals surface area contributed by atoms with Gasteiger partial charge in [-0.25, -0.2) is 4.79 Å². The molecule has 0 fully saturated rings. The quantitative estimate of drug-likeness (QED) is 0.425. The third-order valence-electron chi connectivity index (χ3n) is 3.78. The van der Waals surface area contributed by atoms with Gasteiger partial charge < -0.3 is 15.8 Å². The van der Waals surface area contributed by atoms with E-state index in [0.29, 0.717) is 28.4 Å². The number of thiophene rings is 1. The van der Waals surface area contributed by atoms with Crippen molar-refractivity contribution < 1.29 is 19.2 Å². The predicted molar refractivity (Wildman–Crippen MR) is 107 cm³/mol. The van der Waals surface area contributed by atoms with Gasteiger partial charge in [0, 0.05) is 27.9 Å². The summed E-state index contributed by atoms with van der Waals surface area (Å²) in [5.74, 6) is -0.0183. The summed E-state index contributed by atoms with van der Waals surface area (Å²) >= 11 is 1.20. The molecule has 1 heterocycles. The van der Waals surface area contributed by atoms with Crippen LogP contribution < -0.4 is 21.1 Å². The van der Waals surface area contributed by atoms with E-state index in [4.69, 9.17) is 10.5 Å². The van der Waals surface area contributed by atoms with Gasteiger partial charge in [-0.3, -0.25) is 20.2 Å². The van der Waals surface area contributed by atoms with Crippen molar-refractivity contribution in [1.29, 1.82) is 0 Å². The number of benzene rings is 2. The summed E-state index contributed by atoms with van der Waals surface area (Å²) in [6.07, 6.45) is 0. The van der Waals surface area contributed by atoms with E-state index in [2.05, 4.69) is 10.6 Å². The molecule has 0 aliphatic carbocycles. The Bertz CT molecular complexity index is 1060. The van der Waals surface area contributed by atoms with E-state index in [0.717, 1.165) is 4.70 Å². The second-order valence-corrected chi connectivity index (χ2v) is 6.70. The van der Waals surface area contributed by atoms with E-state index in [-0.39, 0.29) is 11.3 Å². The van der Waals surface area contributed by atoms with Gasteiger partial charge in [0.05, 0.1) is 17.1 Å². The summed E-state index contributed by atoms with van der Waals surface area (Å²) in [5, 5.41) is 16.8. The Morgan fingerprint density at radius 1 is 1.18 bits per heavy atom. The monoisotopic (exact) mass is 400 g/mol. The number of nitrogens with two attached hydrogens (primary N) is 1. The van der Waals surface area contributed by atoms with Gasteiger partial charge in [0.2, 0.25) is 0 Å². The van der Waals surface area contributed by atoms with Crippen LogP contribution in [0.3, 0.4) is 0 Å². The molecule has 0 radical (unpaired) electrons. The Labute approximate surface area is 163 Å². The van der Waals surface area contributed by atoms with Crippen LogP contribution in [-0.4, -0.2) is 23.5 Å². The molecule has 1 aromatic heterocycles. The molecular formula is C18H16N4O5S. The van der Waals surface area contributed by atoms with Crippen LogP contribution in [0.25, 0.3) is 10.1 Å². The molecule has 0 aliphatic rings. The van der Waals surface area contributed by atoms with Crippen LogP contribution in [-0.2, 0) is 0 Å². The molecule has 9 nitrogen and oxygen atoms in total. The molecule has 2 aromatic carbocycles. The standard InChI is InChI=1S/C18H16N4O5S/c1-2-27-12-7-8-13-14(9-12)28-17(15(13)16(19)23)21-18(24)20-10-3-5-11(6-4-10)22(25)26/h3-9H,2H2,1H3,(H2,19,23)(H2,20,21,24). The first-order valence-electron chi connectivity index (χ1n) is 8.20. The first-order valence-corrected chi connectivity index (χ1v) is 9.02. The molecule has 0 aliphatic heterocycles. The molecule has 0 bridgehead atoms. The predicted octanol–water partition coefficient (Wildman–Crippen LogP) is 3.95. The Balaban J connectivity index is 1.83. The molecule has 0 unspecified atom stereocenters. The molecule has 28 heavy (non-hydrogen) atoms. The highest BCUT2D eigenvalue weighted by atomic mass is 32.1. The first kappa shape index (κ1) is 19.1. The van der Waals surface area contributed by atoms with E-state index in [1.54, 1.807) is 18.2 Å². The van der Waals surface area contributed by atoms with Crippen LogP contribution in [0.5, 0.6) is 5.75 Å². The highest BCUT2D eigenvalue weighted by molar-refractivity contribution is 7.23. The van der Waals surface area contributed by atoms with Crippen molar-refractivity contribution in [2.75, 3.05) is 17.2 Å². The Hall–Kier alpha value is -3.66.